The smallest absolute Gasteiger partial charge is 0.0714 e. The van der Waals surface area contributed by atoms with Crippen molar-refractivity contribution in [3.8, 4) is 44.5 Å². The molecule has 0 atom stereocenters. The molecule has 0 aliphatic heterocycles. The van der Waals surface area contributed by atoms with Gasteiger partial charge in [0, 0.05) is 16.9 Å². The molecule has 324 valence electrons. The van der Waals surface area contributed by atoms with Gasteiger partial charge in [0.15, 0.2) is 0 Å². The zero-order valence-corrected chi connectivity index (χ0v) is 38.1. The van der Waals surface area contributed by atoms with E-state index in [4.69, 9.17) is 0 Å². The second kappa shape index (κ2) is 16.5. The predicted molar refractivity (Wildman–Crippen MR) is 287 cm³/mol. The normalized spacial score (nSPS) is 13.4. The third kappa shape index (κ3) is 6.24. The van der Waals surface area contributed by atoms with Crippen LogP contribution in [-0.4, -0.2) is 0 Å². The topological polar surface area (TPSA) is 3.24 Å². The van der Waals surface area contributed by atoms with Crippen LogP contribution in [0.15, 0.2) is 285 Å². The molecule has 0 amide bonds. The monoisotopic (exact) mass is 877 g/mol. The second-order valence-corrected chi connectivity index (χ2v) is 18.3. The summed E-state index contributed by atoms with van der Waals surface area (Å²) >= 11 is 0. The average molecular weight is 878 g/mol. The molecule has 1 heteroatoms. The van der Waals surface area contributed by atoms with Crippen molar-refractivity contribution < 1.29 is 0 Å². The van der Waals surface area contributed by atoms with Gasteiger partial charge in [-0.25, -0.2) is 0 Å². The summed E-state index contributed by atoms with van der Waals surface area (Å²) in [4.78, 5) is 2.47. The summed E-state index contributed by atoms with van der Waals surface area (Å²) in [6.07, 6.45) is 0. The van der Waals surface area contributed by atoms with E-state index < -0.39 is 10.8 Å². The lowest BCUT2D eigenvalue weighted by atomic mass is 9.67. The fraction of sp³-hybridized carbons (Fsp3) is 0.0294. The van der Waals surface area contributed by atoms with Crippen molar-refractivity contribution in [1.29, 1.82) is 0 Å². The Labute approximate surface area is 404 Å². The lowest BCUT2D eigenvalue weighted by Crippen LogP contribution is -2.28. The number of hydrogen-bond acceptors (Lipinski definition) is 1. The van der Waals surface area contributed by atoms with Gasteiger partial charge in [-0.3, -0.25) is 0 Å². The second-order valence-electron chi connectivity index (χ2n) is 18.3. The lowest BCUT2D eigenvalue weighted by molar-refractivity contribution is 0.768. The van der Waals surface area contributed by atoms with Gasteiger partial charge < -0.3 is 4.90 Å². The van der Waals surface area contributed by atoms with Crippen molar-refractivity contribution >= 4 is 17.1 Å². The van der Waals surface area contributed by atoms with Crippen LogP contribution in [0.1, 0.15) is 44.5 Å². The van der Waals surface area contributed by atoms with Crippen LogP contribution in [0, 0.1) is 0 Å². The quantitative estimate of drug-likeness (QED) is 0.140. The Hall–Kier alpha value is -8.78. The number of fused-ring (bicyclic) bond motifs is 6. The van der Waals surface area contributed by atoms with Gasteiger partial charge in [-0.05, 0) is 120 Å². The molecule has 0 spiro atoms. The number of hydrogen-bond donors (Lipinski definition) is 0. The lowest BCUT2D eigenvalue weighted by Gasteiger charge is -2.34. The summed E-state index contributed by atoms with van der Waals surface area (Å²) in [6, 6.07) is 105. The molecule has 0 bridgehead atoms. The molecule has 0 saturated carbocycles. The van der Waals surface area contributed by atoms with Gasteiger partial charge in [0.2, 0.25) is 0 Å². The first-order valence-electron chi connectivity index (χ1n) is 24.0. The van der Waals surface area contributed by atoms with Crippen LogP contribution in [-0.2, 0) is 10.8 Å². The molecule has 0 radical (unpaired) electrons. The maximum absolute atomic E-state index is 2.47. The van der Waals surface area contributed by atoms with E-state index in [0.717, 1.165) is 17.1 Å². The van der Waals surface area contributed by atoms with E-state index in [-0.39, 0.29) is 0 Å². The first-order valence-corrected chi connectivity index (χ1v) is 24.0. The van der Waals surface area contributed by atoms with Crippen LogP contribution in [0.5, 0.6) is 0 Å². The number of benzene rings is 11. The zero-order valence-electron chi connectivity index (χ0n) is 38.1. The van der Waals surface area contributed by atoms with Crippen LogP contribution in [0.4, 0.5) is 17.1 Å². The first-order chi connectivity index (χ1) is 34.2. The van der Waals surface area contributed by atoms with E-state index in [1.54, 1.807) is 0 Å². The van der Waals surface area contributed by atoms with E-state index in [0.29, 0.717) is 0 Å². The summed E-state index contributed by atoms with van der Waals surface area (Å²) < 4.78 is 0. The number of rotatable bonds is 9. The number of anilines is 3. The van der Waals surface area contributed by atoms with Crippen LogP contribution < -0.4 is 4.90 Å². The van der Waals surface area contributed by atoms with Gasteiger partial charge >= 0.3 is 0 Å². The van der Waals surface area contributed by atoms with E-state index in [9.17, 15) is 0 Å². The summed E-state index contributed by atoms with van der Waals surface area (Å²) in [6.45, 7) is 0. The molecule has 0 fully saturated rings. The molecular weight excluding hydrogens is 831 g/mol. The average Bonchev–Trinajstić information content (AvgIpc) is 3.91. The third-order valence-corrected chi connectivity index (χ3v) is 14.9. The van der Waals surface area contributed by atoms with Crippen molar-refractivity contribution in [3.05, 3.63) is 330 Å². The van der Waals surface area contributed by atoms with Gasteiger partial charge in [-0.1, -0.05) is 249 Å². The van der Waals surface area contributed by atoms with E-state index in [2.05, 4.69) is 290 Å². The Morgan fingerprint density at radius 1 is 0.232 bits per heavy atom. The molecule has 0 aromatic heterocycles. The summed E-state index contributed by atoms with van der Waals surface area (Å²) in [5.41, 5.74) is 22.4. The van der Waals surface area contributed by atoms with E-state index in [1.807, 2.05) is 0 Å². The highest BCUT2D eigenvalue weighted by Gasteiger charge is 2.48. The van der Waals surface area contributed by atoms with Gasteiger partial charge in [-0.15, -0.1) is 0 Å². The van der Waals surface area contributed by atoms with Crippen molar-refractivity contribution in [1.82, 2.24) is 0 Å². The first kappa shape index (κ1) is 40.5. The summed E-state index contributed by atoms with van der Waals surface area (Å²) in [5, 5.41) is 0. The minimum absolute atomic E-state index is 0.430. The molecule has 0 N–H and O–H groups in total. The van der Waals surface area contributed by atoms with Crippen LogP contribution in [0.25, 0.3) is 44.5 Å². The molecule has 11 aromatic rings. The Kier molecular flexibility index (Phi) is 9.70. The predicted octanol–water partition coefficient (Wildman–Crippen LogP) is 17.2. The highest BCUT2D eigenvalue weighted by molar-refractivity contribution is 5.98. The van der Waals surface area contributed by atoms with Gasteiger partial charge in [0.05, 0.1) is 16.5 Å². The van der Waals surface area contributed by atoms with Gasteiger partial charge in [0.1, 0.15) is 0 Å². The SMILES string of the molecule is c1ccc(-c2ccc(N(c3ccc(-c4ccc5c(c4)-c4ccccc4C5(c4ccccc4)c4ccccc4)cc3)c3cccc4c3-c3ccccc3C4(c3ccccc3)c3ccccc3)cc2)cc1. The highest BCUT2D eigenvalue weighted by Crippen LogP contribution is 2.60. The third-order valence-electron chi connectivity index (χ3n) is 14.9. The molecule has 0 heterocycles. The minimum atomic E-state index is -0.512. The standard InChI is InChI=1S/C68H47N/c1-6-21-48(22-7-1)49-37-42-56(43-38-49)69(65-36-20-35-64-66(65)59-32-17-19-34-62(59)68(64,54-27-12-4-13-28-54)55-29-14-5-15-30-55)57-44-39-50(40-45-57)51-41-46-63-60(47-51)58-31-16-18-33-61(58)67(63,52-23-8-2-9-24-52)53-25-10-3-11-26-53/h1-47H. The van der Waals surface area contributed by atoms with Gasteiger partial charge in [0.25, 0.3) is 0 Å². The number of nitrogens with zero attached hydrogens (tertiary/aromatic N) is 1. The van der Waals surface area contributed by atoms with Crippen molar-refractivity contribution in [2.45, 2.75) is 10.8 Å². The molecule has 0 unspecified atom stereocenters. The molecule has 1 nitrogen and oxygen atoms in total. The van der Waals surface area contributed by atoms with Crippen LogP contribution in [0.3, 0.4) is 0 Å². The molecule has 13 rings (SSSR count). The Bertz CT molecular complexity index is 3540. The van der Waals surface area contributed by atoms with Crippen LogP contribution in [0.2, 0.25) is 0 Å². The maximum atomic E-state index is 2.47. The largest absolute Gasteiger partial charge is 0.310 e. The highest BCUT2D eigenvalue weighted by atomic mass is 15.1. The molecule has 11 aromatic carbocycles. The van der Waals surface area contributed by atoms with E-state index >= 15 is 0 Å². The summed E-state index contributed by atoms with van der Waals surface area (Å²) in [5.74, 6) is 0. The van der Waals surface area contributed by atoms with Crippen molar-refractivity contribution in [3.63, 3.8) is 0 Å². The van der Waals surface area contributed by atoms with E-state index in [1.165, 1.54) is 89.0 Å². The fourth-order valence-corrected chi connectivity index (χ4v) is 12.0. The zero-order chi connectivity index (χ0) is 45.8. The Morgan fingerprint density at radius 2 is 0.594 bits per heavy atom. The summed E-state index contributed by atoms with van der Waals surface area (Å²) in [7, 11) is 0. The molecular formula is C68H47N. The molecule has 2 aliphatic rings. The molecule has 0 saturated heterocycles. The fourth-order valence-electron chi connectivity index (χ4n) is 12.0. The molecule has 69 heavy (non-hydrogen) atoms. The minimum Gasteiger partial charge on any atom is -0.310 e. The van der Waals surface area contributed by atoms with Crippen molar-refractivity contribution in [2.75, 3.05) is 4.90 Å². The van der Waals surface area contributed by atoms with Gasteiger partial charge in [-0.2, -0.15) is 0 Å². The Balaban J connectivity index is 0.979. The Morgan fingerprint density at radius 3 is 1.12 bits per heavy atom. The van der Waals surface area contributed by atoms with Crippen LogP contribution >= 0.6 is 0 Å². The maximum Gasteiger partial charge on any atom is 0.0714 e. The van der Waals surface area contributed by atoms with Crippen molar-refractivity contribution in [2.24, 2.45) is 0 Å². The molecule has 2 aliphatic carbocycles.